The molecule has 4 heteroatoms. The van der Waals surface area contributed by atoms with Gasteiger partial charge in [0.1, 0.15) is 11.5 Å². The average Bonchev–Trinajstić information content (AvgIpc) is 2.59. The normalized spacial score (nSPS) is 11.5. The van der Waals surface area contributed by atoms with Crippen molar-refractivity contribution in [3.8, 4) is 11.5 Å². The highest BCUT2D eigenvalue weighted by Gasteiger charge is 2.08. The molecule has 1 unspecified atom stereocenters. The van der Waals surface area contributed by atoms with Crippen molar-refractivity contribution in [2.45, 2.75) is 12.8 Å². The van der Waals surface area contributed by atoms with E-state index in [0.29, 0.717) is 12.3 Å². The SMILES string of the molecule is COc1ccc(OCC(=O)NCC(C)c2ccccc2)cc1. The van der Waals surface area contributed by atoms with Crippen molar-refractivity contribution in [3.05, 3.63) is 60.2 Å². The Morgan fingerprint density at radius 1 is 1.05 bits per heavy atom. The molecule has 2 aromatic rings. The molecular weight excluding hydrogens is 278 g/mol. The fraction of sp³-hybridized carbons (Fsp3) is 0.278. The minimum Gasteiger partial charge on any atom is -0.497 e. The summed E-state index contributed by atoms with van der Waals surface area (Å²) in [5.74, 6) is 1.55. The molecule has 0 aromatic heterocycles. The van der Waals surface area contributed by atoms with Crippen molar-refractivity contribution < 1.29 is 14.3 Å². The topological polar surface area (TPSA) is 47.6 Å². The molecule has 2 aromatic carbocycles. The highest BCUT2D eigenvalue weighted by molar-refractivity contribution is 5.77. The number of carbonyl (C=O) groups excluding carboxylic acids is 1. The van der Waals surface area contributed by atoms with E-state index in [0.717, 1.165) is 5.75 Å². The number of rotatable bonds is 7. The molecule has 116 valence electrons. The van der Waals surface area contributed by atoms with Crippen LogP contribution in [0.5, 0.6) is 11.5 Å². The fourth-order valence-corrected chi connectivity index (χ4v) is 2.04. The summed E-state index contributed by atoms with van der Waals surface area (Å²) in [7, 11) is 1.61. The Balaban J connectivity index is 1.73. The number of hydrogen-bond acceptors (Lipinski definition) is 3. The van der Waals surface area contributed by atoms with Gasteiger partial charge in [0.15, 0.2) is 6.61 Å². The Bertz CT molecular complexity index is 581. The summed E-state index contributed by atoms with van der Waals surface area (Å²) >= 11 is 0. The van der Waals surface area contributed by atoms with E-state index < -0.39 is 0 Å². The zero-order valence-electron chi connectivity index (χ0n) is 12.9. The van der Waals surface area contributed by atoms with Crippen molar-refractivity contribution in [1.29, 1.82) is 0 Å². The molecule has 0 saturated carbocycles. The molecule has 0 saturated heterocycles. The molecule has 0 aliphatic rings. The monoisotopic (exact) mass is 299 g/mol. The maximum absolute atomic E-state index is 11.8. The van der Waals surface area contributed by atoms with E-state index in [1.165, 1.54) is 5.56 Å². The average molecular weight is 299 g/mol. The van der Waals surface area contributed by atoms with Crippen LogP contribution in [0.3, 0.4) is 0 Å². The lowest BCUT2D eigenvalue weighted by atomic mass is 10.0. The molecule has 0 heterocycles. The van der Waals surface area contributed by atoms with Crippen LogP contribution in [0.1, 0.15) is 18.4 Å². The van der Waals surface area contributed by atoms with Gasteiger partial charge < -0.3 is 14.8 Å². The molecule has 1 atom stereocenters. The Morgan fingerprint density at radius 2 is 1.68 bits per heavy atom. The van der Waals surface area contributed by atoms with Crippen LogP contribution < -0.4 is 14.8 Å². The molecule has 1 N–H and O–H groups in total. The number of carbonyl (C=O) groups is 1. The minimum atomic E-state index is -0.126. The van der Waals surface area contributed by atoms with E-state index in [1.807, 2.05) is 18.2 Å². The molecule has 4 nitrogen and oxygen atoms in total. The predicted molar refractivity (Wildman–Crippen MR) is 86.4 cm³/mol. The first-order chi connectivity index (χ1) is 10.7. The molecular formula is C18H21NO3. The van der Waals surface area contributed by atoms with Crippen LogP contribution in [-0.2, 0) is 4.79 Å². The molecule has 2 rings (SSSR count). The van der Waals surface area contributed by atoms with Gasteiger partial charge in [0.2, 0.25) is 0 Å². The lowest BCUT2D eigenvalue weighted by Crippen LogP contribution is -2.31. The van der Waals surface area contributed by atoms with Crippen LogP contribution in [0.25, 0.3) is 0 Å². The van der Waals surface area contributed by atoms with Crippen molar-refractivity contribution in [2.75, 3.05) is 20.3 Å². The third-order valence-electron chi connectivity index (χ3n) is 3.40. The zero-order valence-corrected chi connectivity index (χ0v) is 12.9. The summed E-state index contributed by atoms with van der Waals surface area (Å²) in [4.78, 5) is 11.8. The predicted octanol–water partition coefficient (Wildman–Crippen LogP) is 2.99. The number of ether oxygens (including phenoxy) is 2. The van der Waals surface area contributed by atoms with Gasteiger partial charge in [-0.15, -0.1) is 0 Å². The van der Waals surface area contributed by atoms with E-state index in [4.69, 9.17) is 9.47 Å². The second-order valence-electron chi connectivity index (χ2n) is 5.08. The molecule has 22 heavy (non-hydrogen) atoms. The summed E-state index contributed by atoms with van der Waals surface area (Å²) in [6, 6.07) is 17.3. The summed E-state index contributed by atoms with van der Waals surface area (Å²) < 4.78 is 10.5. The van der Waals surface area contributed by atoms with Gasteiger partial charge in [-0.25, -0.2) is 0 Å². The Morgan fingerprint density at radius 3 is 2.32 bits per heavy atom. The smallest absolute Gasteiger partial charge is 0.257 e. The van der Waals surface area contributed by atoms with E-state index in [2.05, 4.69) is 24.4 Å². The number of hydrogen-bond donors (Lipinski definition) is 1. The lowest BCUT2D eigenvalue weighted by Gasteiger charge is -2.13. The van der Waals surface area contributed by atoms with Crippen LogP contribution >= 0.6 is 0 Å². The van der Waals surface area contributed by atoms with Gasteiger partial charge in [-0.1, -0.05) is 37.3 Å². The molecule has 0 aliphatic heterocycles. The maximum Gasteiger partial charge on any atom is 0.257 e. The van der Waals surface area contributed by atoms with Crippen LogP contribution in [-0.4, -0.2) is 26.2 Å². The summed E-state index contributed by atoms with van der Waals surface area (Å²) in [6.07, 6.45) is 0. The lowest BCUT2D eigenvalue weighted by molar-refractivity contribution is -0.123. The number of amides is 1. The first-order valence-corrected chi connectivity index (χ1v) is 7.27. The van der Waals surface area contributed by atoms with E-state index >= 15 is 0 Å². The summed E-state index contributed by atoms with van der Waals surface area (Å²) in [5, 5.41) is 2.89. The Labute approximate surface area is 131 Å². The third-order valence-corrected chi connectivity index (χ3v) is 3.40. The van der Waals surface area contributed by atoms with Gasteiger partial charge in [-0.05, 0) is 35.7 Å². The van der Waals surface area contributed by atoms with Gasteiger partial charge >= 0.3 is 0 Å². The number of nitrogens with one attached hydrogen (secondary N) is 1. The molecule has 0 spiro atoms. The Kier molecular flexibility index (Phi) is 5.83. The van der Waals surface area contributed by atoms with E-state index in [-0.39, 0.29) is 18.4 Å². The standard InChI is InChI=1S/C18H21NO3/c1-14(15-6-4-3-5-7-15)12-19-18(20)13-22-17-10-8-16(21-2)9-11-17/h3-11,14H,12-13H2,1-2H3,(H,19,20). The van der Waals surface area contributed by atoms with Crippen molar-refractivity contribution in [1.82, 2.24) is 5.32 Å². The number of methoxy groups -OCH3 is 1. The third kappa shape index (κ3) is 4.81. The largest absolute Gasteiger partial charge is 0.497 e. The van der Waals surface area contributed by atoms with Crippen molar-refractivity contribution in [2.24, 2.45) is 0 Å². The van der Waals surface area contributed by atoms with Gasteiger partial charge in [0.05, 0.1) is 7.11 Å². The first kappa shape index (κ1) is 15.9. The first-order valence-electron chi connectivity index (χ1n) is 7.27. The van der Waals surface area contributed by atoms with Crippen molar-refractivity contribution in [3.63, 3.8) is 0 Å². The summed E-state index contributed by atoms with van der Waals surface area (Å²) in [6.45, 7) is 2.68. The van der Waals surface area contributed by atoms with Crippen LogP contribution in [0.15, 0.2) is 54.6 Å². The second-order valence-corrected chi connectivity index (χ2v) is 5.08. The quantitative estimate of drug-likeness (QED) is 0.855. The van der Waals surface area contributed by atoms with Gasteiger partial charge in [0.25, 0.3) is 5.91 Å². The van der Waals surface area contributed by atoms with Gasteiger partial charge in [-0.3, -0.25) is 4.79 Å². The van der Waals surface area contributed by atoms with Crippen LogP contribution in [0.4, 0.5) is 0 Å². The van der Waals surface area contributed by atoms with Crippen LogP contribution in [0, 0.1) is 0 Å². The molecule has 1 amide bonds. The highest BCUT2D eigenvalue weighted by Crippen LogP contribution is 2.17. The molecule has 0 aliphatic carbocycles. The highest BCUT2D eigenvalue weighted by atomic mass is 16.5. The second kappa shape index (κ2) is 8.08. The van der Waals surface area contributed by atoms with Crippen LogP contribution in [0.2, 0.25) is 0 Å². The van der Waals surface area contributed by atoms with E-state index in [9.17, 15) is 4.79 Å². The van der Waals surface area contributed by atoms with Gasteiger partial charge in [-0.2, -0.15) is 0 Å². The summed E-state index contributed by atoms with van der Waals surface area (Å²) in [5.41, 5.74) is 1.21. The maximum atomic E-state index is 11.8. The Hall–Kier alpha value is -2.49. The zero-order chi connectivity index (χ0) is 15.8. The molecule has 0 fully saturated rings. The van der Waals surface area contributed by atoms with E-state index in [1.54, 1.807) is 31.4 Å². The molecule has 0 bridgehead atoms. The minimum absolute atomic E-state index is 0.00778. The number of benzene rings is 2. The molecule has 0 radical (unpaired) electrons. The van der Waals surface area contributed by atoms with Crippen molar-refractivity contribution >= 4 is 5.91 Å². The fourth-order valence-electron chi connectivity index (χ4n) is 2.04. The van der Waals surface area contributed by atoms with Gasteiger partial charge in [0, 0.05) is 6.54 Å².